The van der Waals surface area contributed by atoms with Crippen molar-refractivity contribution in [2.45, 2.75) is 44.4 Å². The predicted molar refractivity (Wildman–Crippen MR) is 115 cm³/mol. The summed E-state index contributed by atoms with van der Waals surface area (Å²) in [5.74, 6) is 0.0406. The third kappa shape index (κ3) is 3.29. The fourth-order valence-electron chi connectivity index (χ4n) is 3.94. The number of thioether (sulfide) groups is 1. The van der Waals surface area contributed by atoms with Crippen LogP contribution in [0.4, 0.5) is 10.1 Å². The van der Waals surface area contributed by atoms with Gasteiger partial charge in [0.1, 0.15) is 10.6 Å². The number of benzene rings is 1. The van der Waals surface area contributed by atoms with E-state index in [4.69, 9.17) is 0 Å². The van der Waals surface area contributed by atoms with E-state index in [0.29, 0.717) is 35.9 Å². The van der Waals surface area contributed by atoms with E-state index in [2.05, 4.69) is 10.0 Å². The van der Waals surface area contributed by atoms with Crippen molar-refractivity contribution in [3.05, 3.63) is 40.3 Å². The number of amides is 1. The van der Waals surface area contributed by atoms with Gasteiger partial charge in [-0.15, -0.1) is 11.8 Å². The number of carbonyl (C=O) groups excluding carboxylic acids is 1. The minimum atomic E-state index is -3.89. The van der Waals surface area contributed by atoms with E-state index in [1.165, 1.54) is 17.8 Å². The molecule has 3 aliphatic rings. The molecule has 164 valence electrons. The Kier molecular flexibility index (Phi) is 5.10. The number of hydrogen-bond acceptors (Lipinski definition) is 6. The van der Waals surface area contributed by atoms with Gasteiger partial charge < -0.3 is 15.3 Å². The second-order valence-electron chi connectivity index (χ2n) is 8.75. The highest BCUT2D eigenvalue weighted by Gasteiger charge is 2.57. The Bertz CT molecular complexity index is 1030. The summed E-state index contributed by atoms with van der Waals surface area (Å²) in [6.07, 6.45) is 0.761. The number of sulfonamides is 1. The van der Waals surface area contributed by atoms with Gasteiger partial charge in [-0.25, -0.2) is 12.8 Å². The lowest BCUT2D eigenvalue weighted by Gasteiger charge is -2.44. The van der Waals surface area contributed by atoms with E-state index in [1.807, 2.05) is 0 Å². The molecule has 0 aromatic heterocycles. The number of hydrogen-bond donors (Lipinski definition) is 3. The lowest BCUT2D eigenvalue weighted by molar-refractivity contribution is -0.139. The number of aryl methyl sites for hydroxylation is 1. The molecule has 1 amide bonds. The zero-order valence-electron chi connectivity index (χ0n) is 17.2. The number of nitrogens with zero attached hydrogens (tertiary/aromatic N) is 1. The Morgan fingerprint density at radius 3 is 2.63 bits per heavy atom. The fourth-order valence-corrected chi connectivity index (χ4v) is 6.65. The molecule has 2 fully saturated rings. The molecule has 1 aromatic carbocycles. The van der Waals surface area contributed by atoms with E-state index >= 15 is 0 Å². The molecule has 4 rings (SSSR count). The minimum Gasteiger partial charge on any atom is -0.395 e. The van der Waals surface area contributed by atoms with Crippen LogP contribution < -0.4 is 10.0 Å². The molecule has 1 saturated heterocycles. The van der Waals surface area contributed by atoms with Crippen LogP contribution in [-0.2, 0) is 14.8 Å². The maximum absolute atomic E-state index is 14.6. The third-order valence-electron chi connectivity index (χ3n) is 6.17. The van der Waals surface area contributed by atoms with Gasteiger partial charge in [-0.05, 0) is 51.3 Å². The molecule has 1 atom stereocenters. The van der Waals surface area contributed by atoms with Crippen molar-refractivity contribution in [1.82, 2.24) is 9.62 Å². The van der Waals surface area contributed by atoms with Crippen LogP contribution >= 0.6 is 11.8 Å². The van der Waals surface area contributed by atoms with E-state index in [1.54, 1.807) is 37.8 Å². The first kappa shape index (κ1) is 21.5. The Morgan fingerprint density at radius 1 is 1.33 bits per heavy atom. The highest BCUT2D eigenvalue weighted by atomic mass is 32.2. The standard InChI is InChI=1S/C20H26FN3O4S2/c1-12-4-5-14(13(21)10-12)22-16-15(23-30(27,28)20(11-25)6-7-20)17-24(8-9-29-17)18(26)19(16,2)3/h4-5,10,16,22-23,25H,6-9,11H2,1-3H3. The van der Waals surface area contributed by atoms with Crippen molar-refractivity contribution in [3.63, 3.8) is 0 Å². The maximum Gasteiger partial charge on any atom is 0.240 e. The molecule has 0 bridgehead atoms. The third-order valence-corrected chi connectivity index (χ3v) is 9.44. The van der Waals surface area contributed by atoms with E-state index in [0.717, 1.165) is 5.56 Å². The first-order valence-corrected chi connectivity index (χ1v) is 12.3. The SMILES string of the molecule is Cc1ccc(NC2C(NS(=O)(=O)C3(CO)CC3)=C3SCCN3C(=O)C2(C)C)c(F)c1. The number of carbonyl (C=O) groups is 1. The average molecular weight is 456 g/mol. The summed E-state index contributed by atoms with van der Waals surface area (Å²) in [6.45, 7) is 5.26. The number of aliphatic hydroxyl groups is 1. The molecule has 1 aliphatic carbocycles. The molecule has 0 radical (unpaired) electrons. The molecule has 30 heavy (non-hydrogen) atoms. The smallest absolute Gasteiger partial charge is 0.240 e. The molecule has 2 aliphatic heterocycles. The Morgan fingerprint density at radius 2 is 2.03 bits per heavy atom. The molecule has 3 N–H and O–H groups in total. The summed E-state index contributed by atoms with van der Waals surface area (Å²) in [6, 6.07) is 3.94. The molecule has 1 aromatic rings. The molecule has 10 heteroatoms. The molecule has 2 heterocycles. The first-order valence-electron chi connectivity index (χ1n) is 9.87. The zero-order chi connectivity index (χ0) is 21.9. The topological polar surface area (TPSA) is 98.7 Å². The van der Waals surface area contributed by atoms with Crippen molar-refractivity contribution in [2.75, 3.05) is 24.2 Å². The lowest BCUT2D eigenvalue weighted by Crippen LogP contribution is -2.57. The van der Waals surface area contributed by atoms with Crippen molar-refractivity contribution >= 4 is 33.4 Å². The quantitative estimate of drug-likeness (QED) is 0.608. The Balaban J connectivity index is 1.79. The molecule has 7 nitrogen and oxygen atoms in total. The predicted octanol–water partition coefficient (Wildman–Crippen LogP) is 2.14. The van der Waals surface area contributed by atoms with Crippen LogP contribution in [0.1, 0.15) is 32.3 Å². The van der Waals surface area contributed by atoms with Crippen LogP contribution in [0.15, 0.2) is 28.9 Å². The van der Waals surface area contributed by atoms with E-state index in [9.17, 15) is 22.7 Å². The van der Waals surface area contributed by atoms with Gasteiger partial charge in [0.25, 0.3) is 0 Å². The van der Waals surface area contributed by atoms with Gasteiger partial charge in [-0.3, -0.25) is 9.52 Å². The summed E-state index contributed by atoms with van der Waals surface area (Å²) in [5, 5.41) is 13.3. The van der Waals surface area contributed by atoms with E-state index in [-0.39, 0.29) is 11.6 Å². The van der Waals surface area contributed by atoms with Crippen molar-refractivity contribution in [3.8, 4) is 0 Å². The molecular formula is C20H26FN3O4S2. The highest BCUT2D eigenvalue weighted by Crippen LogP contribution is 2.47. The summed E-state index contributed by atoms with van der Waals surface area (Å²) < 4.78 is 42.3. The van der Waals surface area contributed by atoms with Gasteiger partial charge in [0, 0.05) is 12.3 Å². The Labute approximate surface area is 180 Å². The van der Waals surface area contributed by atoms with Crippen LogP contribution in [0.2, 0.25) is 0 Å². The highest BCUT2D eigenvalue weighted by molar-refractivity contribution is 8.03. The number of nitrogens with one attached hydrogen (secondary N) is 2. The first-order chi connectivity index (χ1) is 14.0. The number of anilines is 1. The van der Waals surface area contributed by atoms with Gasteiger partial charge in [0.15, 0.2) is 0 Å². The number of rotatable bonds is 6. The summed E-state index contributed by atoms with van der Waals surface area (Å²) in [5.41, 5.74) is 0.261. The van der Waals surface area contributed by atoms with Gasteiger partial charge in [-0.1, -0.05) is 6.07 Å². The molecule has 1 saturated carbocycles. The van der Waals surface area contributed by atoms with Gasteiger partial charge >= 0.3 is 0 Å². The van der Waals surface area contributed by atoms with Gasteiger partial charge in [0.05, 0.1) is 34.5 Å². The van der Waals surface area contributed by atoms with Crippen molar-refractivity contribution in [2.24, 2.45) is 5.41 Å². The van der Waals surface area contributed by atoms with E-state index < -0.39 is 38.7 Å². The second-order valence-corrected chi connectivity index (χ2v) is 11.9. The summed E-state index contributed by atoms with van der Waals surface area (Å²) in [7, 11) is -3.89. The normalized spacial score (nSPS) is 24.6. The summed E-state index contributed by atoms with van der Waals surface area (Å²) >= 11 is 1.40. The van der Waals surface area contributed by atoms with Crippen LogP contribution in [0.5, 0.6) is 0 Å². The van der Waals surface area contributed by atoms with Crippen LogP contribution in [0.3, 0.4) is 0 Å². The number of aliphatic hydroxyl groups excluding tert-OH is 1. The zero-order valence-corrected chi connectivity index (χ0v) is 18.8. The molecule has 0 spiro atoms. The lowest BCUT2D eigenvalue weighted by atomic mass is 9.79. The van der Waals surface area contributed by atoms with Crippen molar-refractivity contribution < 1.29 is 22.7 Å². The molecular weight excluding hydrogens is 429 g/mol. The summed E-state index contributed by atoms with van der Waals surface area (Å²) in [4.78, 5) is 14.8. The monoisotopic (exact) mass is 455 g/mol. The van der Waals surface area contributed by atoms with Crippen LogP contribution in [-0.4, -0.2) is 54.0 Å². The number of halogens is 1. The van der Waals surface area contributed by atoms with Gasteiger partial charge in [-0.2, -0.15) is 0 Å². The molecule has 1 unspecified atom stereocenters. The van der Waals surface area contributed by atoms with Crippen LogP contribution in [0, 0.1) is 18.2 Å². The fraction of sp³-hybridized carbons (Fsp3) is 0.550. The number of fused-ring (bicyclic) bond motifs is 1. The largest absolute Gasteiger partial charge is 0.395 e. The van der Waals surface area contributed by atoms with Crippen LogP contribution in [0.25, 0.3) is 0 Å². The minimum absolute atomic E-state index is 0.140. The second kappa shape index (κ2) is 7.13. The van der Waals surface area contributed by atoms with Crippen molar-refractivity contribution in [1.29, 1.82) is 0 Å². The Hall–Kier alpha value is -1.78. The average Bonchev–Trinajstić information content (AvgIpc) is 3.35. The van der Waals surface area contributed by atoms with Gasteiger partial charge in [0.2, 0.25) is 15.9 Å². The maximum atomic E-state index is 14.6.